The van der Waals surface area contributed by atoms with Crippen LogP contribution < -0.4 is 10.6 Å². The average Bonchev–Trinajstić information content (AvgIpc) is 2.90. The molecule has 0 radical (unpaired) electrons. The Morgan fingerprint density at radius 3 is 2.68 bits per heavy atom. The van der Waals surface area contributed by atoms with E-state index in [4.69, 9.17) is 0 Å². The van der Waals surface area contributed by atoms with Crippen LogP contribution in [0.1, 0.15) is 32.5 Å². The summed E-state index contributed by atoms with van der Waals surface area (Å²) < 4.78 is 1.77. The van der Waals surface area contributed by atoms with E-state index in [0.717, 1.165) is 43.6 Å². The summed E-state index contributed by atoms with van der Waals surface area (Å²) in [6, 6.07) is 0.495. The van der Waals surface area contributed by atoms with Gasteiger partial charge in [0.2, 0.25) is 0 Å². The third-order valence-electron chi connectivity index (χ3n) is 3.99. The van der Waals surface area contributed by atoms with Gasteiger partial charge in [-0.2, -0.15) is 5.10 Å². The average molecular weight is 307 g/mol. The summed E-state index contributed by atoms with van der Waals surface area (Å²) >= 11 is 0. The maximum atomic E-state index is 4.30. The highest BCUT2D eigenvalue weighted by Gasteiger charge is 2.20. The second-order valence-corrected chi connectivity index (χ2v) is 6.34. The number of aryl methyl sites for hydroxylation is 1. The van der Waals surface area contributed by atoms with E-state index < -0.39 is 0 Å². The van der Waals surface area contributed by atoms with Crippen LogP contribution >= 0.6 is 0 Å². The van der Waals surface area contributed by atoms with E-state index in [1.165, 1.54) is 6.54 Å². The molecular formula is C15H29N7. The molecule has 2 rings (SSSR count). The van der Waals surface area contributed by atoms with Crippen molar-refractivity contribution in [1.82, 2.24) is 30.3 Å². The lowest BCUT2D eigenvalue weighted by Crippen LogP contribution is -2.49. The minimum atomic E-state index is 0.495. The molecule has 0 spiro atoms. The predicted octanol–water partition coefficient (Wildman–Crippen LogP) is 0.601. The van der Waals surface area contributed by atoms with Crippen LogP contribution in [0.2, 0.25) is 0 Å². The summed E-state index contributed by atoms with van der Waals surface area (Å²) in [5.41, 5.74) is 0. The number of aliphatic imine (C=N–C) groups is 1. The van der Waals surface area contributed by atoms with Gasteiger partial charge < -0.3 is 15.5 Å². The summed E-state index contributed by atoms with van der Waals surface area (Å²) in [4.78, 5) is 11.1. The third kappa shape index (κ3) is 4.98. The minimum absolute atomic E-state index is 0.495. The van der Waals surface area contributed by atoms with Gasteiger partial charge in [0.15, 0.2) is 5.96 Å². The number of hydrogen-bond donors (Lipinski definition) is 2. The molecule has 0 amide bonds. The van der Waals surface area contributed by atoms with Crippen molar-refractivity contribution in [3.8, 4) is 0 Å². The summed E-state index contributed by atoms with van der Waals surface area (Å²) in [6.07, 6.45) is 3.90. The van der Waals surface area contributed by atoms with Crippen molar-refractivity contribution < 1.29 is 0 Å². The molecule has 22 heavy (non-hydrogen) atoms. The van der Waals surface area contributed by atoms with Gasteiger partial charge >= 0.3 is 0 Å². The standard InChI is InChI=1S/C15H29N7/c1-12(2)10-22-7-5-13(6-8-22)20-15(16-3)17-9-14-18-11-19-21(14)4/h11-13H,5-10H2,1-4H3,(H2,16,17,20). The number of likely N-dealkylation sites (tertiary alicyclic amines) is 1. The number of rotatable bonds is 5. The molecule has 0 aromatic carbocycles. The predicted molar refractivity (Wildman–Crippen MR) is 88.6 cm³/mol. The van der Waals surface area contributed by atoms with Crippen molar-refractivity contribution in [1.29, 1.82) is 0 Å². The first kappa shape index (κ1) is 16.7. The van der Waals surface area contributed by atoms with Gasteiger partial charge in [0.25, 0.3) is 0 Å². The van der Waals surface area contributed by atoms with Gasteiger partial charge in [-0.3, -0.25) is 9.67 Å². The monoisotopic (exact) mass is 307 g/mol. The molecule has 2 heterocycles. The zero-order chi connectivity index (χ0) is 15.9. The molecule has 124 valence electrons. The van der Waals surface area contributed by atoms with Crippen LogP contribution in [0.5, 0.6) is 0 Å². The van der Waals surface area contributed by atoms with Crippen molar-refractivity contribution in [2.24, 2.45) is 18.0 Å². The highest BCUT2D eigenvalue weighted by Crippen LogP contribution is 2.11. The van der Waals surface area contributed by atoms with E-state index in [2.05, 4.69) is 44.5 Å². The quantitative estimate of drug-likeness (QED) is 0.616. The highest BCUT2D eigenvalue weighted by atomic mass is 15.3. The van der Waals surface area contributed by atoms with Crippen molar-refractivity contribution in [2.75, 3.05) is 26.7 Å². The molecule has 1 fully saturated rings. The van der Waals surface area contributed by atoms with Crippen molar-refractivity contribution in [2.45, 2.75) is 39.3 Å². The smallest absolute Gasteiger partial charge is 0.191 e. The Morgan fingerprint density at radius 1 is 1.41 bits per heavy atom. The largest absolute Gasteiger partial charge is 0.354 e. The van der Waals surface area contributed by atoms with Gasteiger partial charge in [-0.25, -0.2) is 4.98 Å². The Balaban J connectivity index is 1.74. The van der Waals surface area contributed by atoms with Gasteiger partial charge in [0, 0.05) is 39.8 Å². The van der Waals surface area contributed by atoms with Crippen LogP contribution in [0.3, 0.4) is 0 Å². The summed E-state index contributed by atoms with van der Waals surface area (Å²) in [7, 11) is 3.70. The first-order valence-electron chi connectivity index (χ1n) is 8.11. The molecule has 0 saturated carbocycles. The molecular weight excluding hydrogens is 278 g/mol. The Kier molecular flexibility index (Phi) is 6.18. The van der Waals surface area contributed by atoms with E-state index in [-0.39, 0.29) is 0 Å². The summed E-state index contributed by atoms with van der Waals surface area (Å²) in [5, 5.41) is 10.9. The van der Waals surface area contributed by atoms with Crippen LogP contribution in [0.15, 0.2) is 11.3 Å². The fraction of sp³-hybridized carbons (Fsp3) is 0.800. The fourth-order valence-electron chi connectivity index (χ4n) is 2.81. The summed E-state index contributed by atoms with van der Waals surface area (Å²) in [6.45, 7) is 8.71. The first-order valence-corrected chi connectivity index (χ1v) is 8.11. The van der Waals surface area contributed by atoms with Gasteiger partial charge in [-0.1, -0.05) is 13.8 Å². The minimum Gasteiger partial charge on any atom is -0.354 e. The molecule has 1 aliphatic rings. The zero-order valence-electron chi connectivity index (χ0n) is 14.2. The molecule has 1 saturated heterocycles. The maximum absolute atomic E-state index is 4.30. The van der Waals surface area contributed by atoms with Crippen molar-refractivity contribution >= 4 is 5.96 Å². The van der Waals surface area contributed by atoms with Crippen LogP contribution in [0.4, 0.5) is 0 Å². The lowest BCUT2D eigenvalue weighted by molar-refractivity contribution is 0.187. The van der Waals surface area contributed by atoms with Crippen LogP contribution in [-0.4, -0.2) is 58.3 Å². The number of hydrogen-bond acceptors (Lipinski definition) is 4. The lowest BCUT2D eigenvalue weighted by Gasteiger charge is -2.33. The number of aromatic nitrogens is 3. The van der Waals surface area contributed by atoms with E-state index >= 15 is 0 Å². The molecule has 1 aliphatic heterocycles. The first-order chi connectivity index (χ1) is 10.6. The number of piperidine rings is 1. The van der Waals surface area contributed by atoms with E-state index in [1.54, 1.807) is 18.1 Å². The molecule has 0 unspecified atom stereocenters. The third-order valence-corrected chi connectivity index (χ3v) is 3.99. The van der Waals surface area contributed by atoms with E-state index in [0.29, 0.717) is 12.6 Å². The molecule has 1 aromatic rings. The van der Waals surface area contributed by atoms with Crippen LogP contribution in [-0.2, 0) is 13.6 Å². The second kappa shape index (κ2) is 8.12. The SMILES string of the molecule is CN=C(NCc1ncnn1C)NC1CCN(CC(C)C)CC1. The molecule has 1 aromatic heterocycles. The van der Waals surface area contributed by atoms with Crippen LogP contribution in [0, 0.1) is 5.92 Å². The fourth-order valence-corrected chi connectivity index (χ4v) is 2.81. The lowest BCUT2D eigenvalue weighted by atomic mass is 10.0. The topological polar surface area (TPSA) is 70.4 Å². The Bertz CT molecular complexity index is 472. The van der Waals surface area contributed by atoms with Gasteiger partial charge in [-0.15, -0.1) is 0 Å². The normalized spacial score (nSPS) is 18.0. The van der Waals surface area contributed by atoms with Crippen LogP contribution in [0.25, 0.3) is 0 Å². The maximum Gasteiger partial charge on any atom is 0.191 e. The van der Waals surface area contributed by atoms with Gasteiger partial charge in [0.1, 0.15) is 12.2 Å². The molecule has 7 heteroatoms. The Morgan fingerprint density at radius 2 is 2.14 bits per heavy atom. The molecule has 0 bridgehead atoms. The number of nitrogens with one attached hydrogen (secondary N) is 2. The van der Waals surface area contributed by atoms with E-state index in [9.17, 15) is 0 Å². The second-order valence-electron chi connectivity index (χ2n) is 6.34. The van der Waals surface area contributed by atoms with Crippen molar-refractivity contribution in [3.63, 3.8) is 0 Å². The highest BCUT2D eigenvalue weighted by molar-refractivity contribution is 5.79. The van der Waals surface area contributed by atoms with Crippen molar-refractivity contribution in [3.05, 3.63) is 12.2 Å². The molecule has 2 N–H and O–H groups in total. The molecule has 7 nitrogen and oxygen atoms in total. The Labute approximate surface area is 133 Å². The van der Waals surface area contributed by atoms with Gasteiger partial charge in [-0.05, 0) is 18.8 Å². The number of guanidine groups is 1. The number of nitrogens with zero attached hydrogens (tertiary/aromatic N) is 5. The Hall–Kier alpha value is -1.63. The summed E-state index contributed by atoms with van der Waals surface area (Å²) in [5.74, 6) is 2.48. The van der Waals surface area contributed by atoms with E-state index in [1.807, 2.05) is 7.05 Å². The molecule has 0 aliphatic carbocycles. The zero-order valence-corrected chi connectivity index (χ0v) is 14.2. The molecule has 0 atom stereocenters. The van der Waals surface area contributed by atoms with Gasteiger partial charge in [0.05, 0.1) is 6.54 Å².